The van der Waals surface area contributed by atoms with Crippen molar-refractivity contribution in [3.05, 3.63) is 66.5 Å². The number of nitrogens with one attached hydrogen (secondary N) is 2. The van der Waals surface area contributed by atoms with E-state index in [1.807, 2.05) is 24.3 Å². The number of hydrogen-bond acceptors (Lipinski definition) is 6. The minimum Gasteiger partial charge on any atom is -0.497 e. The lowest BCUT2D eigenvalue weighted by molar-refractivity contribution is 0.102. The number of hydrogen-bond donors (Lipinski definition) is 2. The molecule has 0 aliphatic rings. The molecular weight excluding hydrogens is 358 g/mol. The van der Waals surface area contributed by atoms with Crippen LogP contribution in [-0.4, -0.2) is 32.2 Å². The van der Waals surface area contributed by atoms with Crippen molar-refractivity contribution < 1.29 is 19.0 Å². The van der Waals surface area contributed by atoms with E-state index in [2.05, 4.69) is 15.6 Å². The third-order valence-electron chi connectivity index (χ3n) is 4.03. The largest absolute Gasteiger partial charge is 0.497 e. The van der Waals surface area contributed by atoms with E-state index in [1.165, 1.54) is 7.11 Å². The third-order valence-corrected chi connectivity index (χ3v) is 4.03. The zero-order chi connectivity index (χ0) is 19.9. The van der Waals surface area contributed by atoms with Crippen molar-refractivity contribution in [3.63, 3.8) is 0 Å². The van der Waals surface area contributed by atoms with Gasteiger partial charge in [-0.15, -0.1) is 0 Å². The van der Waals surface area contributed by atoms with Crippen LogP contribution in [0.5, 0.6) is 17.2 Å². The summed E-state index contributed by atoms with van der Waals surface area (Å²) in [5.41, 5.74) is 2.38. The fourth-order valence-corrected chi connectivity index (χ4v) is 2.57. The van der Waals surface area contributed by atoms with Gasteiger partial charge < -0.3 is 24.8 Å². The van der Waals surface area contributed by atoms with Gasteiger partial charge in [-0.1, -0.05) is 0 Å². The van der Waals surface area contributed by atoms with Crippen LogP contribution in [0, 0.1) is 0 Å². The number of rotatable bonds is 7. The monoisotopic (exact) mass is 379 g/mol. The Labute approximate surface area is 163 Å². The lowest BCUT2D eigenvalue weighted by Gasteiger charge is -2.12. The maximum atomic E-state index is 12.7. The summed E-state index contributed by atoms with van der Waals surface area (Å²) in [5, 5.41) is 6.04. The maximum absolute atomic E-state index is 12.7. The maximum Gasteiger partial charge on any atom is 0.274 e. The highest BCUT2D eigenvalue weighted by Crippen LogP contribution is 2.29. The number of nitrogens with zero attached hydrogens (tertiary/aromatic N) is 1. The van der Waals surface area contributed by atoms with Gasteiger partial charge in [-0.3, -0.25) is 9.78 Å². The zero-order valence-electron chi connectivity index (χ0n) is 15.9. The van der Waals surface area contributed by atoms with Crippen LogP contribution in [0.1, 0.15) is 10.5 Å². The molecule has 1 heterocycles. The lowest BCUT2D eigenvalue weighted by atomic mass is 10.2. The molecular formula is C21H21N3O4. The highest BCUT2D eigenvalue weighted by Gasteiger charge is 2.13. The quantitative estimate of drug-likeness (QED) is 0.643. The molecule has 28 heavy (non-hydrogen) atoms. The first-order valence-electron chi connectivity index (χ1n) is 8.53. The molecule has 1 amide bonds. The summed E-state index contributed by atoms with van der Waals surface area (Å²) < 4.78 is 15.6. The molecule has 0 saturated carbocycles. The molecule has 2 N–H and O–H groups in total. The fourth-order valence-electron chi connectivity index (χ4n) is 2.57. The fraction of sp³-hybridized carbons (Fsp3) is 0.143. The van der Waals surface area contributed by atoms with E-state index in [4.69, 9.17) is 14.2 Å². The van der Waals surface area contributed by atoms with Crippen LogP contribution in [0.15, 0.2) is 60.8 Å². The van der Waals surface area contributed by atoms with Gasteiger partial charge in [0.25, 0.3) is 5.91 Å². The first-order chi connectivity index (χ1) is 13.6. The normalized spacial score (nSPS) is 10.1. The molecule has 0 radical (unpaired) electrons. The van der Waals surface area contributed by atoms with Crippen molar-refractivity contribution >= 4 is 23.0 Å². The average molecular weight is 379 g/mol. The Balaban J connectivity index is 1.76. The zero-order valence-corrected chi connectivity index (χ0v) is 15.9. The molecule has 144 valence electrons. The minimum atomic E-state index is -0.357. The smallest absolute Gasteiger partial charge is 0.274 e. The van der Waals surface area contributed by atoms with E-state index in [-0.39, 0.29) is 11.6 Å². The molecule has 3 rings (SSSR count). The van der Waals surface area contributed by atoms with Gasteiger partial charge in [0, 0.05) is 23.6 Å². The van der Waals surface area contributed by atoms with Crippen molar-refractivity contribution in [2.75, 3.05) is 32.0 Å². The van der Waals surface area contributed by atoms with Gasteiger partial charge in [-0.25, -0.2) is 0 Å². The Morgan fingerprint density at radius 1 is 0.821 bits per heavy atom. The number of aromatic nitrogens is 1. The predicted molar refractivity (Wildman–Crippen MR) is 108 cm³/mol. The van der Waals surface area contributed by atoms with Gasteiger partial charge in [0.15, 0.2) is 0 Å². The van der Waals surface area contributed by atoms with E-state index in [0.29, 0.717) is 17.2 Å². The van der Waals surface area contributed by atoms with E-state index in [9.17, 15) is 4.79 Å². The molecule has 0 unspecified atom stereocenters. The van der Waals surface area contributed by atoms with Gasteiger partial charge in [-0.05, 0) is 48.5 Å². The molecule has 0 spiro atoms. The molecule has 0 saturated heterocycles. The number of carbonyl (C=O) groups is 1. The van der Waals surface area contributed by atoms with Crippen molar-refractivity contribution in [1.82, 2.24) is 4.98 Å². The second-order valence-corrected chi connectivity index (χ2v) is 5.80. The van der Waals surface area contributed by atoms with Gasteiger partial charge in [0.1, 0.15) is 22.9 Å². The SMILES string of the molecule is COc1ccc(Nc2ccnc(C(=O)Nc3cc(OC)ccc3OC)c2)cc1. The van der Waals surface area contributed by atoms with Gasteiger partial charge >= 0.3 is 0 Å². The highest BCUT2D eigenvalue weighted by molar-refractivity contribution is 6.04. The van der Waals surface area contributed by atoms with Gasteiger partial charge in [-0.2, -0.15) is 0 Å². The average Bonchev–Trinajstić information content (AvgIpc) is 2.74. The molecule has 0 bridgehead atoms. The summed E-state index contributed by atoms with van der Waals surface area (Å²) in [6.07, 6.45) is 1.57. The van der Waals surface area contributed by atoms with E-state index < -0.39 is 0 Å². The number of methoxy groups -OCH3 is 3. The molecule has 7 heteroatoms. The Kier molecular flexibility index (Phi) is 5.96. The van der Waals surface area contributed by atoms with Crippen LogP contribution < -0.4 is 24.8 Å². The molecule has 1 aromatic heterocycles. The Morgan fingerprint density at radius 3 is 2.21 bits per heavy atom. The summed E-state index contributed by atoms with van der Waals surface area (Å²) in [5.74, 6) is 1.55. The first kappa shape index (κ1) is 19.0. The molecule has 3 aromatic rings. The van der Waals surface area contributed by atoms with Crippen molar-refractivity contribution in [1.29, 1.82) is 0 Å². The number of ether oxygens (including phenoxy) is 3. The van der Waals surface area contributed by atoms with Crippen LogP contribution in [0.3, 0.4) is 0 Å². The summed E-state index contributed by atoms with van der Waals surface area (Å²) in [6, 6.07) is 16.1. The lowest BCUT2D eigenvalue weighted by Crippen LogP contribution is -2.14. The van der Waals surface area contributed by atoms with E-state index in [0.717, 1.165) is 17.1 Å². The van der Waals surface area contributed by atoms with Crippen LogP contribution >= 0.6 is 0 Å². The molecule has 0 aliphatic heterocycles. The van der Waals surface area contributed by atoms with Crippen LogP contribution in [0.25, 0.3) is 0 Å². The number of carbonyl (C=O) groups excluding carboxylic acids is 1. The summed E-state index contributed by atoms with van der Waals surface area (Å²) in [4.78, 5) is 16.8. The number of pyridine rings is 1. The molecule has 7 nitrogen and oxygen atoms in total. The van der Waals surface area contributed by atoms with Crippen molar-refractivity contribution in [2.24, 2.45) is 0 Å². The summed E-state index contributed by atoms with van der Waals surface area (Å²) in [6.45, 7) is 0. The van der Waals surface area contributed by atoms with Gasteiger partial charge in [0.2, 0.25) is 0 Å². The van der Waals surface area contributed by atoms with Crippen LogP contribution in [0.2, 0.25) is 0 Å². The molecule has 0 atom stereocenters. The van der Waals surface area contributed by atoms with Crippen LogP contribution in [0.4, 0.5) is 17.1 Å². The van der Waals surface area contributed by atoms with Crippen molar-refractivity contribution in [3.8, 4) is 17.2 Å². The summed E-state index contributed by atoms with van der Waals surface area (Å²) >= 11 is 0. The number of amides is 1. The minimum absolute atomic E-state index is 0.267. The molecule has 0 aliphatic carbocycles. The first-order valence-corrected chi connectivity index (χ1v) is 8.53. The molecule has 0 fully saturated rings. The number of anilines is 3. The molecule has 2 aromatic carbocycles. The standard InChI is InChI=1S/C21H21N3O4/c1-26-16-6-4-14(5-7-16)23-15-10-11-22-19(12-15)21(25)24-18-13-17(27-2)8-9-20(18)28-3/h4-13H,1-3H3,(H,22,23)(H,24,25). The highest BCUT2D eigenvalue weighted by atomic mass is 16.5. The van der Waals surface area contributed by atoms with Crippen molar-refractivity contribution in [2.45, 2.75) is 0 Å². The summed E-state index contributed by atoms with van der Waals surface area (Å²) in [7, 11) is 4.71. The van der Waals surface area contributed by atoms with Gasteiger partial charge in [0.05, 0.1) is 27.0 Å². The number of benzene rings is 2. The second kappa shape index (κ2) is 8.77. The Morgan fingerprint density at radius 2 is 1.54 bits per heavy atom. The van der Waals surface area contributed by atoms with E-state index >= 15 is 0 Å². The predicted octanol–water partition coefficient (Wildman–Crippen LogP) is 4.10. The van der Waals surface area contributed by atoms with E-state index in [1.54, 1.807) is 50.7 Å². The topological polar surface area (TPSA) is 81.7 Å². The Bertz CT molecular complexity index is 958. The third kappa shape index (κ3) is 4.50. The second-order valence-electron chi connectivity index (χ2n) is 5.80. The van der Waals surface area contributed by atoms with Crippen LogP contribution in [-0.2, 0) is 0 Å². The Hall–Kier alpha value is -3.74.